The number of nitrogens with zero attached hydrogens (tertiary/aromatic N) is 2. The van der Waals surface area contributed by atoms with Gasteiger partial charge in [0, 0.05) is 16.3 Å². The third kappa shape index (κ3) is 5.87. The maximum absolute atomic E-state index is 12.9. The summed E-state index contributed by atoms with van der Waals surface area (Å²) in [5, 5.41) is 3.38. The van der Waals surface area contributed by atoms with E-state index in [4.69, 9.17) is 23.2 Å². The summed E-state index contributed by atoms with van der Waals surface area (Å²) >= 11 is 12.9. The van der Waals surface area contributed by atoms with Gasteiger partial charge in [0.25, 0.3) is 0 Å². The monoisotopic (exact) mass is 471 g/mol. The highest BCUT2D eigenvalue weighted by Gasteiger charge is 2.31. The van der Waals surface area contributed by atoms with Crippen LogP contribution < -0.4 is 5.32 Å². The van der Waals surface area contributed by atoms with E-state index < -0.39 is 17.6 Å². The lowest BCUT2D eigenvalue weighted by molar-refractivity contribution is -0.137. The van der Waals surface area contributed by atoms with Gasteiger partial charge in [-0.2, -0.15) is 13.2 Å². The van der Waals surface area contributed by atoms with Crippen molar-refractivity contribution in [2.45, 2.75) is 18.3 Å². The van der Waals surface area contributed by atoms with Crippen molar-refractivity contribution in [2.75, 3.05) is 11.1 Å². The van der Waals surface area contributed by atoms with Crippen molar-refractivity contribution in [1.82, 2.24) is 9.97 Å². The molecule has 1 amide bonds. The van der Waals surface area contributed by atoms with Crippen molar-refractivity contribution in [3.8, 4) is 11.3 Å². The van der Waals surface area contributed by atoms with Crippen LogP contribution in [-0.4, -0.2) is 21.6 Å². The molecule has 3 aromatic rings. The lowest BCUT2D eigenvalue weighted by atomic mass is 10.1. The maximum Gasteiger partial charge on any atom is 0.416 e. The van der Waals surface area contributed by atoms with E-state index in [0.717, 1.165) is 35.5 Å². The Labute approximate surface area is 184 Å². The second-order valence-corrected chi connectivity index (χ2v) is 8.00. The quantitative estimate of drug-likeness (QED) is 0.340. The molecule has 3 rings (SSSR count). The van der Waals surface area contributed by atoms with E-state index in [1.807, 2.05) is 12.1 Å². The second kappa shape index (κ2) is 9.24. The van der Waals surface area contributed by atoms with Crippen LogP contribution in [0, 0.1) is 6.92 Å². The zero-order valence-electron chi connectivity index (χ0n) is 15.4. The summed E-state index contributed by atoms with van der Waals surface area (Å²) in [5.74, 6) is -0.629. The molecule has 0 aliphatic rings. The number of carbonyl (C=O) groups is 1. The molecule has 0 atom stereocenters. The zero-order chi connectivity index (χ0) is 21.9. The fourth-order valence-corrected chi connectivity index (χ4v) is 3.48. The van der Waals surface area contributed by atoms with E-state index in [1.165, 1.54) is 0 Å². The number of carbonyl (C=O) groups excluding carboxylic acids is 1. The van der Waals surface area contributed by atoms with E-state index in [9.17, 15) is 18.0 Å². The smallest absolute Gasteiger partial charge is 0.324 e. The molecule has 1 aromatic heterocycles. The molecule has 0 spiro atoms. The van der Waals surface area contributed by atoms with Crippen LogP contribution in [0.5, 0.6) is 0 Å². The Morgan fingerprint density at radius 3 is 2.43 bits per heavy atom. The summed E-state index contributed by atoms with van der Waals surface area (Å²) in [7, 11) is 0. The predicted octanol–water partition coefficient (Wildman–Crippen LogP) is 6.51. The first-order chi connectivity index (χ1) is 14.1. The number of hydrogen-bond donors (Lipinski definition) is 1. The molecular weight excluding hydrogens is 458 g/mol. The molecule has 0 saturated carbocycles. The zero-order valence-corrected chi connectivity index (χ0v) is 17.8. The SMILES string of the molecule is Cc1cc(-c2ccc(Cl)cc2)nc(SCC(=O)Nc2cc(C(F)(F)F)ccc2Cl)n1. The molecule has 10 heteroatoms. The molecule has 0 radical (unpaired) electrons. The number of benzene rings is 2. The number of aromatic nitrogens is 2. The molecule has 2 aromatic carbocycles. The minimum atomic E-state index is -4.54. The van der Waals surface area contributed by atoms with E-state index >= 15 is 0 Å². The van der Waals surface area contributed by atoms with Gasteiger partial charge in [-0.05, 0) is 43.3 Å². The van der Waals surface area contributed by atoms with Crippen LogP contribution in [0.25, 0.3) is 11.3 Å². The molecule has 1 N–H and O–H groups in total. The summed E-state index contributed by atoms with van der Waals surface area (Å²) in [6.07, 6.45) is -4.54. The Hall–Kier alpha value is -2.29. The third-order valence-corrected chi connectivity index (χ3v) is 5.30. The molecule has 30 heavy (non-hydrogen) atoms. The van der Waals surface area contributed by atoms with Gasteiger partial charge < -0.3 is 5.32 Å². The van der Waals surface area contributed by atoms with Crippen molar-refractivity contribution >= 4 is 46.6 Å². The van der Waals surface area contributed by atoms with Crippen LogP contribution >= 0.6 is 35.0 Å². The molecule has 0 unspecified atom stereocenters. The van der Waals surface area contributed by atoms with Crippen LogP contribution in [0.4, 0.5) is 18.9 Å². The van der Waals surface area contributed by atoms with Crippen molar-refractivity contribution < 1.29 is 18.0 Å². The van der Waals surface area contributed by atoms with Crippen LogP contribution in [0.3, 0.4) is 0 Å². The van der Waals surface area contributed by atoms with Crippen LogP contribution in [-0.2, 0) is 11.0 Å². The predicted molar refractivity (Wildman–Crippen MR) is 113 cm³/mol. The van der Waals surface area contributed by atoms with Crippen LogP contribution in [0.15, 0.2) is 53.7 Å². The van der Waals surface area contributed by atoms with Gasteiger partial charge in [0.1, 0.15) is 0 Å². The Morgan fingerprint density at radius 1 is 1.07 bits per heavy atom. The standard InChI is InChI=1S/C20H14Cl2F3N3OS/c1-11-8-16(12-2-5-14(21)6-3-12)28-19(26-11)30-10-18(29)27-17-9-13(20(23,24)25)4-7-15(17)22/h2-9H,10H2,1H3,(H,27,29). The molecule has 0 fully saturated rings. The molecule has 4 nitrogen and oxygen atoms in total. The maximum atomic E-state index is 12.9. The minimum absolute atomic E-state index is 0.0122. The minimum Gasteiger partial charge on any atom is -0.324 e. The van der Waals surface area contributed by atoms with E-state index in [2.05, 4.69) is 15.3 Å². The molecule has 0 saturated heterocycles. The Kier molecular flexibility index (Phi) is 6.90. The van der Waals surface area contributed by atoms with E-state index in [1.54, 1.807) is 25.1 Å². The van der Waals surface area contributed by atoms with Crippen LogP contribution in [0.1, 0.15) is 11.3 Å². The van der Waals surface area contributed by atoms with Gasteiger partial charge in [-0.3, -0.25) is 4.79 Å². The molecule has 1 heterocycles. The number of thioether (sulfide) groups is 1. The van der Waals surface area contributed by atoms with Gasteiger partial charge in [0.15, 0.2) is 5.16 Å². The first-order valence-corrected chi connectivity index (χ1v) is 10.3. The van der Waals surface area contributed by atoms with Gasteiger partial charge >= 0.3 is 6.18 Å². The first kappa shape index (κ1) is 22.4. The summed E-state index contributed by atoms with van der Waals surface area (Å²) in [6, 6.07) is 11.7. The van der Waals surface area contributed by atoms with Crippen molar-refractivity contribution in [2.24, 2.45) is 0 Å². The average molecular weight is 472 g/mol. The summed E-state index contributed by atoms with van der Waals surface area (Å²) < 4.78 is 38.6. The van der Waals surface area contributed by atoms with Crippen LogP contribution in [0.2, 0.25) is 10.0 Å². The summed E-state index contributed by atoms with van der Waals surface area (Å²) in [6.45, 7) is 1.80. The fourth-order valence-electron chi connectivity index (χ4n) is 2.49. The molecule has 156 valence electrons. The van der Waals surface area contributed by atoms with Crippen molar-refractivity contribution in [3.05, 3.63) is 69.8 Å². The average Bonchev–Trinajstić information content (AvgIpc) is 2.67. The Morgan fingerprint density at radius 2 is 1.77 bits per heavy atom. The highest BCUT2D eigenvalue weighted by atomic mass is 35.5. The van der Waals surface area contributed by atoms with Gasteiger partial charge in [-0.25, -0.2) is 9.97 Å². The normalized spacial score (nSPS) is 11.4. The number of amides is 1. The highest BCUT2D eigenvalue weighted by molar-refractivity contribution is 7.99. The van der Waals surface area contributed by atoms with E-state index in [0.29, 0.717) is 21.6 Å². The number of alkyl halides is 3. The van der Waals surface area contributed by atoms with Crippen molar-refractivity contribution in [3.63, 3.8) is 0 Å². The Balaban J connectivity index is 1.70. The van der Waals surface area contributed by atoms with Gasteiger partial charge in [0.2, 0.25) is 5.91 Å². The highest BCUT2D eigenvalue weighted by Crippen LogP contribution is 2.34. The molecule has 0 bridgehead atoms. The number of anilines is 1. The lowest BCUT2D eigenvalue weighted by Gasteiger charge is -2.11. The fraction of sp³-hybridized carbons (Fsp3) is 0.150. The number of hydrogen-bond acceptors (Lipinski definition) is 4. The number of rotatable bonds is 5. The Bertz CT molecular complexity index is 1080. The van der Waals surface area contributed by atoms with Crippen molar-refractivity contribution in [1.29, 1.82) is 0 Å². The first-order valence-electron chi connectivity index (χ1n) is 8.53. The number of nitrogens with one attached hydrogen (secondary N) is 1. The van der Waals surface area contributed by atoms with Gasteiger partial charge in [0.05, 0.1) is 27.7 Å². The van der Waals surface area contributed by atoms with Gasteiger partial charge in [-0.15, -0.1) is 0 Å². The molecule has 0 aliphatic carbocycles. The summed E-state index contributed by atoms with van der Waals surface area (Å²) in [4.78, 5) is 21.0. The van der Waals surface area contributed by atoms with Gasteiger partial charge in [-0.1, -0.05) is 47.1 Å². The number of halogens is 5. The third-order valence-electron chi connectivity index (χ3n) is 3.87. The topological polar surface area (TPSA) is 54.9 Å². The van der Waals surface area contributed by atoms with E-state index in [-0.39, 0.29) is 16.5 Å². The molecular formula is C20H14Cl2F3N3OS. The second-order valence-electron chi connectivity index (χ2n) is 6.21. The lowest BCUT2D eigenvalue weighted by Crippen LogP contribution is -2.15. The molecule has 0 aliphatic heterocycles. The number of aryl methyl sites for hydroxylation is 1. The summed E-state index contributed by atoms with van der Waals surface area (Å²) in [5.41, 5.74) is 1.21. The largest absolute Gasteiger partial charge is 0.416 e.